The summed E-state index contributed by atoms with van der Waals surface area (Å²) in [5, 5.41) is 0. The number of rotatable bonds is 14. The van der Waals surface area contributed by atoms with E-state index < -0.39 is 29.8 Å². The Morgan fingerprint density at radius 1 is 0.288 bits per heavy atom. The van der Waals surface area contributed by atoms with Crippen molar-refractivity contribution in [1.82, 2.24) is 0 Å². The summed E-state index contributed by atoms with van der Waals surface area (Å²) in [6, 6.07) is 61.5. The van der Waals surface area contributed by atoms with Crippen LogP contribution >= 0.6 is 41.0 Å². The van der Waals surface area contributed by atoms with Crippen LogP contribution in [0.3, 0.4) is 0 Å². The molecule has 7 aromatic rings. The zero-order valence-electron chi connectivity index (χ0n) is 31.4. The molecule has 0 fully saturated rings. The van der Waals surface area contributed by atoms with Gasteiger partial charge in [-0.05, 0) is 103 Å². The highest BCUT2D eigenvalue weighted by Gasteiger charge is 2.47. The van der Waals surface area contributed by atoms with E-state index in [1.165, 1.54) is 0 Å². The van der Waals surface area contributed by atoms with Crippen molar-refractivity contribution >= 4 is 41.0 Å². The van der Waals surface area contributed by atoms with Gasteiger partial charge in [0.05, 0.1) is 0 Å². The van der Waals surface area contributed by atoms with Crippen LogP contribution in [0, 0.1) is 6.92 Å². The van der Waals surface area contributed by atoms with Gasteiger partial charge in [0.2, 0.25) is 0 Å². The minimum absolute atomic E-state index is 0.358. The van der Waals surface area contributed by atoms with Gasteiger partial charge in [-0.25, -0.2) is 0 Å². The van der Waals surface area contributed by atoms with Crippen molar-refractivity contribution in [3.63, 3.8) is 0 Å². The summed E-state index contributed by atoms with van der Waals surface area (Å²) >= 11 is 7.76. The van der Waals surface area contributed by atoms with Gasteiger partial charge >= 0.3 is 29.8 Å². The number of nitrogens with zero attached hydrogens (tertiary/aromatic N) is 4. The minimum atomic E-state index is -4.28. The van der Waals surface area contributed by atoms with Gasteiger partial charge in [-0.1, -0.05) is 136 Å². The molecule has 16 heteroatoms. The normalized spacial score (nSPS) is 18.9. The predicted molar refractivity (Wildman–Crippen MR) is 237 cm³/mol. The summed E-state index contributed by atoms with van der Waals surface area (Å²) in [7, 11) is -12.7. The fourth-order valence-electron chi connectivity index (χ4n) is 5.39. The predicted octanol–water partition coefficient (Wildman–Crippen LogP) is 15.9. The van der Waals surface area contributed by atoms with Crippen LogP contribution in [-0.2, 0) is 0 Å². The Hall–Kier alpha value is -5.65. The lowest BCUT2D eigenvalue weighted by molar-refractivity contribution is 0.453. The lowest BCUT2D eigenvalue weighted by atomic mass is 10.2. The average Bonchev–Trinajstić information content (AvgIpc) is 3.23. The lowest BCUT2D eigenvalue weighted by Crippen LogP contribution is -2.09. The maximum atomic E-state index is 7.76. The highest BCUT2D eigenvalue weighted by atomic mass is 35.7. The molecule has 8 rings (SSSR count). The van der Waals surface area contributed by atoms with E-state index in [9.17, 15) is 0 Å². The van der Waals surface area contributed by atoms with Crippen LogP contribution in [0.15, 0.2) is 224 Å². The summed E-state index contributed by atoms with van der Waals surface area (Å²) in [5.74, 6) is 2.55. The molecule has 0 aliphatic carbocycles. The van der Waals surface area contributed by atoms with Crippen LogP contribution in [0.4, 0.5) is 0 Å². The monoisotopic (exact) mass is 880 g/mol. The summed E-state index contributed by atoms with van der Waals surface area (Å²) in [6.45, 7) is -2.16. The Morgan fingerprint density at radius 3 is 0.831 bits per heavy atom. The third-order valence-electron chi connectivity index (χ3n) is 7.95. The number of hydrogen-bond acceptors (Lipinski definition) is 11. The Labute approximate surface area is 348 Å². The smallest absolute Gasteiger partial charge is 0.431 e. The molecule has 2 unspecified atom stereocenters. The molecule has 0 bridgehead atoms. The molecule has 0 spiro atoms. The summed E-state index contributed by atoms with van der Waals surface area (Å²) in [6.07, 6.45) is 0. The third kappa shape index (κ3) is 10.7. The molecule has 1 aliphatic heterocycles. The molecular weight excluding hydrogens is 844 g/mol. The Morgan fingerprint density at radius 2 is 0.525 bits per heavy atom. The first-order valence-corrected chi connectivity index (χ1v) is 25.4. The van der Waals surface area contributed by atoms with Gasteiger partial charge in [-0.15, -0.1) is 9.03 Å². The second kappa shape index (κ2) is 18.1. The van der Waals surface area contributed by atoms with Crippen LogP contribution in [0.1, 0.15) is 5.56 Å². The molecule has 0 aromatic heterocycles. The van der Waals surface area contributed by atoms with Crippen LogP contribution in [0.5, 0.6) is 40.2 Å². The van der Waals surface area contributed by atoms with Gasteiger partial charge < -0.3 is 31.7 Å². The fraction of sp³-hybridized carbons (Fsp3) is 0.0233. The van der Waals surface area contributed by atoms with Gasteiger partial charge in [-0.2, -0.15) is 0 Å². The minimum Gasteiger partial charge on any atom is -0.431 e. The molecule has 0 saturated carbocycles. The second-order valence-electron chi connectivity index (χ2n) is 12.6. The summed E-state index contributed by atoms with van der Waals surface area (Å²) in [5.41, 5.74) is 1.00. The maximum Gasteiger partial charge on any atom is 0.460 e. The van der Waals surface area contributed by atoms with Crippen molar-refractivity contribution in [2.45, 2.75) is 6.92 Å². The molecule has 0 radical (unpaired) electrons. The Kier molecular flexibility index (Phi) is 12.3. The van der Waals surface area contributed by atoms with Crippen molar-refractivity contribution in [2.24, 2.45) is 18.1 Å². The van der Waals surface area contributed by atoms with E-state index >= 15 is 0 Å². The topological polar surface area (TPSA) is 114 Å². The molecular formula is C43H37ClN4O7P4. The standard InChI is InChI=1S/C43H37ClN4O7P4/c1-36-32-34-43(35-33-36)55-58(52-40-26-14-5-15-27-40)46-56(44,49-37-20-8-2-9-21-37)45-57(50-38-22-10-3-11-23-38,51-39-24-12-4-13-25-39)47-59(48-58,53-41-28-16-6-17-29-41)54-42-30-18-7-19-31-42/h2-35H,1H3. The van der Waals surface area contributed by atoms with Gasteiger partial charge in [0.1, 0.15) is 40.2 Å². The number of para-hydroxylation sites is 6. The summed E-state index contributed by atoms with van der Waals surface area (Å²) < 4.78 is 69.3. The first kappa shape index (κ1) is 40.1. The molecule has 0 saturated heterocycles. The second-order valence-corrected chi connectivity index (χ2v) is 22.0. The fourth-order valence-corrected chi connectivity index (χ4v) is 18.5. The molecule has 59 heavy (non-hydrogen) atoms. The molecule has 11 nitrogen and oxygen atoms in total. The molecule has 0 amide bonds. The zero-order valence-corrected chi connectivity index (χ0v) is 35.8. The van der Waals surface area contributed by atoms with Gasteiger partial charge in [0.25, 0.3) is 0 Å². The molecule has 7 aromatic carbocycles. The quantitative estimate of drug-likeness (QED) is 0.0999. The number of hydrogen-bond donors (Lipinski definition) is 0. The van der Waals surface area contributed by atoms with E-state index in [0.717, 1.165) is 5.56 Å². The first-order chi connectivity index (χ1) is 28.8. The van der Waals surface area contributed by atoms with Crippen molar-refractivity contribution in [1.29, 1.82) is 0 Å². The number of halogens is 1. The van der Waals surface area contributed by atoms with E-state index in [0.29, 0.717) is 40.2 Å². The van der Waals surface area contributed by atoms with Crippen LogP contribution in [0.25, 0.3) is 0 Å². The van der Waals surface area contributed by atoms with E-state index in [1.807, 2.05) is 128 Å². The largest absolute Gasteiger partial charge is 0.460 e. The molecule has 298 valence electrons. The highest BCUT2D eigenvalue weighted by molar-refractivity contribution is 7.93. The third-order valence-corrected chi connectivity index (χ3v) is 19.7. The Bertz CT molecular complexity index is 2610. The van der Waals surface area contributed by atoms with E-state index in [4.69, 9.17) is 61.0 Å². The van der Waals surface area contributed by atoms with Crippen LogP contribution in [0.2, 0.25) is 0 Å². The molecule has 1 aliphatic rings. The van der Waals surface area contributed by atoms with Gasteiger partial charge in [-0.3, -0.25) is 0 Å². The van der Waals surface area contributed by atoms with E-state index in [2.05, 4.69) is 0 Å². The van der Waals surface area contributed by atoms with Crippen molar-refractivity contribution in [3.05, 3.63) is 212 Å². The highest BCUT2D eigenvalue weighted by Crippen LogP contribution is 2.80. The SMILES string of the molecule is Cc1ccc(OP2(Oc3ccccc3)=NP(Oc3ccccc3)(Oc3ccccc3)=NP(Oc3ccccc3)(Oc3ccccc3)=NP(Cl)(Oc3ccccc3)=N2)cc1. The Balaban J connectivity index is 1.52. The van der Waals surface area contributed by atoms with Gasteiger partial charge in [0.15, 0.2) is 0 Å². The lowest BCUT2D eigenvalue weighted by Gasteiger charge is -2.32. The first-order valence-electron chi connectivity index (χ1n) is 18.3. The maximum absolute atomic E-state index is 7.76. The zero-order chi connectivity index (χ0) is 40.4. The molecule has 0 N–H and O–H groups in total. The number of benzene rings is 7. The van der Waals surface area contributed by atoms with Crippen molar-refractivity contribution in [2.75, 3.05) is 0 Å². The van der Waals surface area contributed by atoms with E-state index in [-0.39, 0.29) is 0 Å². The molecule has 2 atom stereocenters. The number of aryl methyl sites for hydroxylation is 1. The van der Waals surface area contributed by atoms with Crippen molar-refractivity contribution < 1.29 is 31.7 Å². The van der Waals surface area contributed by atoms with Crippen molar-refractivity contribution in [3.8, 4) is 40.2 Å². The van der Waals surface area contributed by atoms with E-state index in [1.54, 1.807) is 84.9 Å². The van der Waals surface area contributed by atoms with Gasteiger partial charge in [0, 0.05) is 0 Å². The molecule has 1 heterocycles. The van der Waals surface area contributed by atoms with Crippen LogP contribution in [-0.4, -0.2) is 0 Å². The summed E-state index contributed by atoms with van der Waals surface area (Å²) in [4.78, 5) is 0. The van der Waals surface area contributed by atoms with Crippen LogP contribution < -0.4 is 31.7 Å². The average molecular weight is 881 g/mol.